The number of hydrogen-bond donors (Lipinski definition) is 1. The monoisotopic (exact) mass is 469 g/mol. The van der Waals surface area contributed by atoms with Gasteiger partial charge in [-0.1, -0.05) is 48.5 Å². The summed E-state index contributed by atoms with van der Waals surface area (Å²) in [6.07, 6.45) is 0.836. The third-order valence-corrected chi connectivity index (χ3v) is 6.70. The first kappa shape index (κ1) is 23.1. The van der Waals surface area contributed by atoms with Gasteiger partial charge in [0.1, 0.15) is 17.3 Å². The van der Waals surface area contributed by atoms with Crippen LogP contribution in [-0.2, 0) is 26.1 Å². The Morgan fingerprint density at radius 1 is 1.00 bits per heavy atom. The molecule has 0 saturated carbocycles. The summed E-state index contributed by atoms with van der Waals surface area (Å²) < 4.78 is 7.62. The summed E-state index contributed by atoms with van der Waals surface area (Å²) >= 11 is 0. The van der Waals surface area contributed by atoms with Crippen molar-refractivity contribution in [2.45, 2.75) is 46.8 Å². The van der Waals surface area contributed by atoms with Gasteiger partial charge in [-0.2, -0.15) is 0 Å². The van der Waals surface area contributed by atoms with Crippen LogP contribution in [0.4, 0.5) is 0 Å². The van der Waals surface area contributed by atoms with Crippen molar-refractivity contribution in [1.82, 2.24) is 25.0 Å². The molecule has 0 radical (unpaired) electrons. The van der Waals surface area contributed by atoms with Gasteiger partial charge in [-0.05, 0) is 49.1 Å². The normalized spacial score (nSPS) is 13.9. The number of benzene rings is 2. The van der Waals surface area contributed by atoms with E-state index in [0.717, 1.165) is 50.0 Å². The molecule has 1 aliphatic rings. The number of nitrogens with zero attached hydrogens (tertiary/aromatic N) is 4. The van der Waals surface area contributed by atoms with E-state index < -0.39 is 0 Å². The second kappa shape index (κ2) is 9.88. The Hall–Kier alpha value is -3.71. The van der Waals surface area contributed by atoms with Gasteiger partial charge < -0.3 is 14.3 Å². The number of aryl methyl sites for hydroxylation is 3. The maximum absolute atomic E-state index is 12.6. The summed E-state index contributed by atoms with van der Waals surface area (Å²) in [4.78, 5) is 15.0. The molecule has 3 heterocycles. The predicted molar refractivity (Wildman–Crippen MR) is 135 cm³/mol. The molecule has 0 spiro atoms. The van der Waals surface area contributed by atoms with E-state index in [1.54, 1.807) is 13.0 Å². The lowest BCUT2D eigenvalue weighted by molar-refractivity contribution is 0.0948. The molecular weight excluding hydrogens is 438 g/mol. The van der Waals surface area contributed by atoms with Crippen LogP contribution in [0.3, 0.4) is 0 Å². The van der Waals surface area contributed by atoms with Crippen molar-refractivity contribution in [3.8, 4) is 11.1 Å². The molecule has 0 aliphatic carbocycles. The van der Waals surface area contributed by atoms with Gasteiger partial charge in [0, 0.05) is 32.6 Å². The molecule has 2 aromatic heterocycles. The zero-order chi connectivity index (χ0) is 24.4. The zero-order valence-corrected chi connectivity index (χ0v) is 20.5. The molecule has 5 rings (SSSR count). The van der Waals surface area contributed by atoms with Crippen molar-refractivity contribution < 1.29 is 9.21 Å². The second-order valence-electron chi connectivity index (χ2n) is 9.23. The molecule has 1 aliphatic heterocycles. The van der Waals surface area contributed by atoms with Crippen LogP contribution in [0, 0.1) is 20.8 Å². The smallest absolute Gasteiger partial charge is 0.255 e. The highest BCUT2D eigenvalue weighted by Crippen LogP contribution is 2.24. The van der Waals surface area contributed by atoms with Crippen LogP contribution in [0.2, 0.25) is 0 Å². The fourth-order valence-electron chi connectivity index (χ4n) is 4.77. The molecule has 1 N–H and O–H groups in total. The molecule has 35 heavy (non-hydrogen) atoms. The summed E-state index contributed by atoms with van der Waals surface area (Å²) in [5.41, 5.74) is 5.69. The van der Waals surface area contributed by atoms with E-state index in [1.807, 2.05) is 6.92 Å². The van der Waals surface area contributed by atoms with Crippen molar-refractivity contribution >= 4 is 5.91 Å². The molecule has 180 valence electrons. The Labute approximate surface area is 205 Å². The number of hydrogen-bond acceptors (Lipinski definition) is 5. The minimum absolute atomic E-state index is 0.152. The third-order valence-electron chi connectivity index (χ3n) is 6.70. The molecule has 0 saturated heterocycles. The third kappa shape index (κ3) is 5.05. The van der Waals surface area contributed by atoms with Crippen molar-refractivity contribution in [3.63, 3.8) is 0 Å². The van der Waals surface area contributed by atoms with E-state index in [2.05, 4.69) is 80.4 Å². The molecule has 0 bridgehead atoms. The van der Waals surface area contributed by atoms with E-state index in [0.29, 0.717) is 17.9 Å². The summed E-state index contributed by atoms with van der Waals surface area (Å²) in [5, 5.41) is 11.7. The first-order valence-corrected chi connectivity index (χ1v) is 12.1. The van der Waals surface area contributed by atoms with Gasteiger partial charge in [0.15, 0.2) is 5.82 Å². The fraction of sp³-hybridized carbons (Fsp3) is 0.321. The number of rotatable bonds is 6. The van der Waals surface area contributed by atoms with Crippen LogP contribution in [0.25, 0.3) is 11.1 Å². The highest BCUT2D eigenvalue weighted by Gasteiger charge is 2.20. The SMILES string of the molecule is Cc1cc(C(=O)NCc2nnc3n2CCN(Cc2ccc(-c4ccccc4C)cc2)CC3)c(C)o1. The van der Waals surface area contributed by atoms with Crippen molar-refractivity contribution in [2.24, 2.45) is 0 Å². The number of carbonyl (C=O) groups is 1. The largest absolute Gasteiger partial charge is 0.466 e. The molecule has 0 atom stereocenters. The lowest BCUT2D eigenvalue weighted by Gasteiger charge is -2.20. The Kier molecular flexibility index (Phi) is 6.51. The van der Waals surface area contributed by atoms with Crippen molar-refractivity contribution in [3.05, 3.63) is 94.5 Å². The van der Waals surface area contributed by atoms with Crippen LogP contribution in [0.5, 0.6) is 0 Å². The lowest BCUT2D eigenvalue weighted by Crippen LogP contribution is -2.28. The Morgan fingerprint density at radius 3 is 2.54 bits per heavy atom. The van der Waals surface area contributed by atoms with Crippen LogP contribution in [0.15, 0.2) is 59.0 Å². The van der Waals surface area contributed by atoms with E-state index in [1.165, 1.54) is 22.3 Å². The van der Waals surface area contributed by atoms with E-state index in [4.69, 9.17) is 4.42 Å². The summed E-state index contributed by atoms with van der Waals surface area (Å²) in [7, 11) is 0. The average molecular weight is 470 g/mol. The molecule has 1 amide bonds. The van der Waals surface area contributed by atoms with Crippen LogP contribution >= 0.6 is 0 Å². The Bertz CT molecular complexity index is 1340. The lowest BCUT2D eigenvalue weighted by atomic mass is 9.99. The van der Waals surface area contributed by atoms with Gasteiger partial charge in [-0.15, -0.1) is 10.2 Å². The highest BCUT2D eigenvalue weighted by molar-refractivity contribution is 5.95. The number of fused-ring (bicyclic) bond motifs is 1. The first-order chi connectivity index (χ1) is 17.0. The van der Waals surface area contributed by atoms with Crippen molar-refractivity contribution in [2.75, 3.05) is 13.1 Å². The summed E-state index contributed by atoms with van der Waals surface area (Å²) in [6, 6.07) is 19.1. The minimum Gasteiger partial charge on any atom is -0.466 e. The summed E-state index contributed by atoms with van der Waals surface area (Å²) in [6.45, 7) is 9.68. The molecule has 4 aromatic rings. The first-order valence-electron chi connectivity index (χ1n) is 12.1. The maximum Gasteiger partial charge on any atom is 0.255 e. The van der Waals surface area contributed by atoms with E-state index in [-0.39, 0.29) is 5.91 Å². The van der Waals surface area contributed by atoms with Gasteiger partial charge in [0.2, 0.25) is 0 Å². The van der Waals surface area contributed by atoms with Gasteiger partial charge in [-0.3, -0.25) is 9.69 Å². The number of furan rings is 1. The predicted octanol–water partition coefficient (Wildman–Crippen LogP) is 4.45. The van der Waals surface area contributed by atoms with Crippen molar-refractivity contribution in [1.29, 1.82) is 0 Å². The number of amides is 1. The highest BCUT2D eigenvalue weighted by atomic mass is 16.3. The van der Waals surface area contributed by atoms with Crippen LogP contribution in [0.1, 0.15) is 44.7 Å². The van der Waals surface area contributed by atoms with Gasteiger partial charge in [0.05, 0.1) is 12.1 Å². The average Bonchev–Trinajstić information content (AvgIpc) is 3.34. The summed E-state index contributed by atoms with van der Waals surface area (Å²) in [5.74, 6) is 2.97. The molecule has 0 fully saturated rings. The van der Waals surface area contributed by atoms with E-state index in [9.17, 15) is 4.79 Å². The van der Waals surface area contributed by atoms with Gasteiger partial charge in [0.25, 0.3) is 5.91 Å². The number of nitrogens with one attached hydrogen (secondary N) is 1. The Morgan fingerprint density at radius 2 is 1.80 bits per heavy atom. The second-order valence-corrected chi connectivity index (χ2v) is 9.23. The fourth-order valence-corrected chi connectivity index (χ4v) is 4.77. The Balaban J connectivity index is 1.19. The zero-order valence-electron chi connectivity index (χ0n) is 20.5. The molecule has 7 nitrogen and oxygen atoms in total. The van der Waals surface area contributed by atoms with E-state index >= 15 is 0 Å². The van der Waals surface area contributed by atoms with Crippen LogP contribution in [-0.4, -0.2) is 38.7 Å². The maximum atomic E-state index is 12.6. The standard InChI is InChI=1S/C28H31N5O2/c1-19-6-4-5-7-24(19)23-10-8-22(9-11-23)18-32-13-12-26-30-31-27(33(26)15-14-32)17-29-28(34)25-16-20(2)35-21(25)3/h4-11,16H,12-15,17-18H2,1-3H3,(H,29,34). The quantitative estimate of drug-likeness (QED) is 0.451. The molecule has 0 unspecified atom stereocenters. The topological polar surface area (TPSA) is 76.2 Å². The molecule has 7 heteroatoms. The van der Waals surface area contributed by atoms with Gasteiger partial charge >= 0.3 is 0 Å². The molecular formula is C28H31N5O2. The number of carbonyl (C=O) groups excluding carboxylic acids is 1. The van der Waals surface area contributed by atoms with Crippen LogP contribution < -0.4 is 5.32 Å². The van der Waals surface area contributed by atoms with Gasteiger partial charge in [-0.25, -0.2) is 0 Å². The number of aromatic nitrogens is 3. The minimum atomic E-state index is -0.152. The molecule has 2 aromatic carbocycles.